The van der Waals surface area contributed by atoms with E-state index in [9.17, 15) is 14.2 Å². The largest absolute Gasteiger partial charge is 0.425 e. The Bertz CT molecular complexity index is 592. The average Bonchev–Trinajstić information content (AvgIpc) is 2.85. The average molecular weight is 356 g/mol. The fourth-order valence-electron chi connectivity index (χ4n) is 2.43. The molecule has 0 radical (unpaired) electrons. The summed E-state index contributed by atoms with van der Waals surface area (Å²) >= 11 is 0. The molecular formula is C10H18N2O8P2. The van der Waals surface area contributed by atoms with E-state index < -0.39 is 32.6 Å². The summed E-state index contributed by atoms with van der Waals surface area (Å²) in [6.45, 7) is 0. The van der Waals surface area contributed by atoms with Crippen molar-refractivity contribution in [2.24, 2.45) is 0 Å². The molecule has 1 aromatic rings. The van der Waals surface area contributed by atoms with Crippen LogP contribution in [0.25, 0.3) is 0 Å². The van der Waals surface area contributed by atoms with E-state index in [1.807, 2.05) is 0 Å². The van der Waals surface area contributed by atoms with Crippen LogP contribution >= 0.6 is 15.2 Å². The third-order valence-electron chi connectivity index (χ3n) is 3.76. The van der Waals surface area contributed by atoms with Crippen molar-refractivity contribution in [1.82, 2.24) is 10.2 Å². The molecular weight excluding hydrogens is 338 g/mol. The van der Waals surface area contributed by atoms with Crippen molar-refractivity contribution in [3.8, 4) is 0 Å². The highest BCUT2D eigenvalue weighted by Gasteiger charge is 2.60. The van der Waals surface area contributed by atoms with E-state index in [0.29, 0.717) is 0 Å². The van der Waals surface area contributed by atoms with Gasteiger partial charge < -0.3 is 29.1 Å². The lowest BCUT2D eigenvalue weighted by Crippen LogP contribution is -2.31. The van der Waals surface area contributed by atoms with Gasteiger partial charge in [0.15, 0.2) is 0 Å². The Morgan fingerprint density at radius 1 is 1.05 bits per heavy atom. The van der Waals surface area contributed by atoms with Crippen molar-refractivity contribution in [2.75, 3.05) is 0 Å². The van der Waals surface area contributed by atoms with Gasteiger partial charge in [-0.25, -0.2) is 0 Å². The van der Waals surface area contributed by atoms with Crippen molar-refractivity contribution in [2.45, 2.75) is 49.5 Å². The molecule has 12 heteroatoms. The molecule has 1 aliphatic carbocycles. The van der Waals surface area contributed by atoms with Gasteiger partial charge in [0.2, 0.25) is 11.8 Å². The maximum atomic E-state index is 11.3. The molecule has 1 aromatic heterocycles. The molecule has 1 saturated carbocycles. The van der Waals surface area contributed by atoms with Gasteiger partial charge in [-0.05, 0) is 12.8 Å². The molecule has 0 bridgehead atoms. The minimum Gasteiger partial charge on any atom is -0.425 e. The lowest BCUT2D eigenvalue weighted by atomic mass is 9.89. The molecule has 1 heterocycles. The van der Waals surface area contributed by atoms with Crippen LogP contribution in [-0.4, -0.2) is 40.0 Å². The summed E-state index contributed by atoms with van der Waals surface area (Å²) in [5.74, 6) is -0.142. The van der Waals surface area contributed by atoms with Crippen LogP contribution in [0, 0.1) is 0 Å². The Morgan fingerprint density at radius 2 is 1.59 bits per heavy atom. The van der Waals surface area contributed by atoms with Crippen LogP contribution in [0.3, 0.4) is 0 Å². The fraction of sp³-hybridized carbons (Fsp3) is 0.800. The van der Waals surface area contributed by atoms with Crippen LogP contribution in [0.5, 0.6) is 0 Å². The molecule has 0 spiro atoms. The second kappa shape index (κ2) is 6.13. The van der Waals surface area contributed by atoms with Gasteiger partial charge in [-0.2, -0.15) is 0 Å². The van der Waals surface area contributed by atoms with Crippen molar-refractivity contribution in [1.29, 1.82) is 0 Å². The van der Waals surface area contributed by atoms with Gasteiger partial charge in [-0.1, -0.05) is 19.3 Å². The van der Waals surface area contributed by atoms with E-state index in [1.54, 1.807) is 0 Å². The zero-order valence-corrected chi connectivity index (χ0v) is 13.4. The fourth-order valence-corrected chi connectivity index (χ4v) is 4.47. The van der Waals surface area contributed by atoms with E-state index in [2.05, 4.69) is 10.2 Å². The summed E-state index contributed by atoms with van der Waals surface area (Å²) in [5, 5.41) is 13.5. The molecule has 0 aromatic carbocycles. The van der Waals surface area contributed by atoms with Gasteiger partial charge in [0, 0.05) is 5.92 Å². The molecule has 0 atom stereocenters. The number of nitrogens with zero attached hydrogens (tertiary/aromatic N) is 2. The zero-order chi connectivity index (χ0) is 16.6. The zero-order valence-electron chi connectivity index (χ0n) is 11.6. The maximum Gasteiger partial charge on any atom is 0.370 e. The van der Waals surface area contributed by atoms with Crippen LogP contribution in [-0.2, 0) is 15.6 Å². The van der Waals surface area contributed by atoms with Crippen molar-refractivity contribution in [3.05, 3.63) is 11.8 Å². The Labute approximate surface area is 125 Å². The molecule has 1 aliphatic rings. The topological polar surface area (TPSA) is 174 Å². The molecule has 1 fully saturated rings. The predicted octanol–water partition coefficient (Wildman–Crippen LogP) is 0.661. The third-order valence-corrected chi connectivity index (χ3v) is 7.50. The smallest absolute Gasteiger partial charge is 0.370 e. The summed E-state index contributed by atoms with van der Waals surface area (Å²) in [6, 6.07) is 0. The van der Waals surface area contributed by atoms with Crippen molar-refractivity contribution >= 4 is 15.2 Å². The first-order valence-corrected chi connectivity index (χ1v) is 9.93. The summed E-state index contributed by atoms with van der Waals surface area (Å²) < 4.78 is 27.8. The minimum atomic E-state index is -5.53. The molecule has 0 aliphatic heterocycles. The van der Waals surface area contributed by atoms with E-state index in [4.69, 9.17) is 24.0 Å². The highest BCUT2D eigenvalue weighted by Crippen LogP contribution is 2.68. The first kappa shape index (κ1) is 17.7. The van der Waals surface area contributed by atoms with Gasteiger partial charge in [0.1, 0.15) is 0 Å². The van der Waals surface area contributed by atoms with Crippen LogP contribution in [0.2, 0.25) is 0 Å². The standard InChI is InChI=1S/C10H18N2O8P2/c13-10(21(14,15)16,22(17,18)19)6-8-11-12-9(20-8)7-4-2-1-3-5-7/h7,13H,1-6H2,(H2,14,15,16)(H2,17,18,19). The van der Waals surface area contributed by atoms with Crippen molar-refractivity contribution < 1.29 is 38.2 Å². The van der Waals surface area contributed by atoms with Crippen LogP contribution in [0.4, 0.5) is 0 Å². The molecule has 0 unspecified atom stereocenters. The van der Waals surface area contributed by atoms with E-state index in [0.717, 1.165) is 32.1 Å². The minimum absolute atomic E-state index is 0.0215. The normalized spacial score (nSPS) is 18.6. The number of aromatic nitrogens is 2. The Morgan fingerprint density at radius 3 is 2.09 bits per heavy atom. The second-order valence-electron chi connectivity index (χ2n) is 5.41. The lowest BCUT2D eigenvalue weighted by Gasteiger charge is -2.27. The Hall–Kier alpha value is -0.600. The van der Waals surface area contributed by atoms with Gasteiger partial charge in [-0.15, -0.1) is 10.2 Å². The van der Waals surface area contributed by atoms with Crippen LogP contribution in [0.1, 0.15) is 49.8 Å². The summed E-state index contributed by atoms with van der Waals surface area (Å²) in [4.78, 5) is 36.3. The predicted molar refractivity (Wildman–Crippen MR) is 72.9 cm³/mol. The molecule has 0 saturated heterocycles. The van der Waals surface area contributed by atoms with E-state index in [-0.39, 0.29) is 11.8 Å². The van der Waals surface area contributed by atoms with E-state index >= 15 is 0 Å². The Kier molecular flexibility index (Phi) is 4.94. The lowest BCUT2D eigenvalue weighted by molar-refractivity contribution is 0.123. The number of hydrogen-bond acceptors (Lipinski definition) is 6. The molecule has 22 heavy (non-hydrogen) atoms. The Balaban J connectivity index is 2.23. The van der Waals surface area contributed by atoms with Gasteiger partial charge in [0.25, 0.3) is 5.08 Å². The van der Waals surface area contributed by atoms with E-state index in [1.165, 1.54) is 0 Å². The highest BCUT2D eigenvalue weighted by atomic mass is 31.2. The number of rotatable bonds is 5. The summed E-state index contributed by atoms with van der Waals surface area (Å²) in [7, 11) is -11.1. The molecule has 10 nitrogen and oxygen atoms in total. The third kappa shape index (κ3) is 3.49. The van der Waals surface area contributed by atoms with Gasteiger partial charge >= 0.3 is 15.2 Å². The van der Waals surface area contributed by atoms with Crippen molar-refractivity contribution in [3.63, 3.8) is 0 Å². The van der Waals surface area contributed by atoms with Crippen LogP contribution in [0.15, 0.2) is 4.42 Å². The molecule has 2 rings (SSSR count). The second-order valence-corrected chi connectivity index (χ2v) is 9.42. The summed E-state index contributed by atoms with van der Waals surface area (Å²) in [5.41, 5.74) is 0. The van der Waals surface area contributed by atoms with Gasteiger partial charge in [0.05, 0.1) is 6.42 Å². The molecule has 126 valence electrons. The summed E-state index contributed by atoms with van der Waals surface area (Å²) in [6.07, 6.45) is 3.65. The maximum absolute atomic E-state index is 11.3. The molecule has 0 amide bonds. The highest BCUT2D eigenvalue weighted by molar-refractivity contribution is 7.72. The first-order valence-electron chi connectivity index (χ1n) is 6.70. The molecule has 5 N–H and O–H groups in total. The van der Waals surface area contributed by atoms with Crippen LogP contribution < -0.4 is 0 Å². The number of hydrogen-bond donors (Lipinski definition) is 5. The number of aliphatic hydroxyl groups is 1. The monoisotopic (exact) mass is 356 g/mol. The van der Waals surface area contributed by atoms with Gasteiger partial charge in [-0.3, -0.25) is 9.13 Å². The first-order chi connectivity index (χ1) is 10.0. The SMILES string of the molecule is O=P(O)(O)C(O)(Cc1nnc(C2CCCCC2)o1)P(=O)(O)O. The quantitative estimate of drug-likeness (QED) is 0.471.